The molecule has 134 valence electrons. The van der Waals surface area contributed by atoms with Gasteiger partial charge in [-0.1, -0.05) is 29.8 Å². The molecule has 0 amide bonds. The van der Waals surface area contributed by atoms with Gasteiger partial charge in [0, 0.05) is 36.8 Å². The van der Waals surface area contributed by atoms with Gasteiger partial charge in [-0.25, -0.2) is 9.31 Å². The molecule has 2 aromatic heterocycles. The highest BCUT2D eigenvalue weighted by Crippen LogP contribution is 2.37. The largest absolute Gasteiger partial charge is 0.477 e. The van der Waals surface area contributed by atoms with Crippen molar-refractivity contribution in [2.75, 3.05) is 31.1 Å². The van der Waals surface area contributed by atoms with Crippen molar-refractivity contribution in [3.8, 4) is 11.1 Å². The molecule has 3 N–H and O–H groups in total. The van der Waals surface area contributed by atoms with Gasteiger partial charge in [0.25, 0.3) is 5.56 Å². The van der Waals surface area contributed by atoms with E-state index in [9.17, 15) is 14.7 Å². The summed E-state index contributed by atoms with van der Waals surface area (Å²) in [7, 11) is 0. The van der Waals surface area contributed by atoms with E-state index in [1.54, 1.807) is 6.07 Å². The summed E-state index contributed by atoms with van der Waals surface area (Å²) in [6.07, 6.45) is 1.31. The summed E-state index contributed by atoms with van der Waals surface area (Å²) in [6, 6.07) is 7.23. The minimum Gasteiger partial charge on any atom is -0.477 e. The zero-order chi connectivity index (χ0) is 18.3. The molecular formula is C17H16ClN5O3. The van der Waals surface area contributed by atoms with Crippen LogP contribution < -0.4 is 15.8 Å². The highest BCUT2D eigenvalue weighted by molar-refractivity contribution is 6.33. The van der Waals surface area contributed by atoms with E-state index in [-0.39, 0.29) is 11.2 Å². The minimum atomic E-state index is -1.22. The molecule has 1 aliphatic rings. The van der Waals surface area contributed by atoms with Gasteiger partial charge in [0.15, 0.2) is 5.82 Å². The van der Waals surface area contributed by atoms with Crippen molar-refractivity contribution < 1.29 is 9.90 Å². The van der Waals surface area contributed by atoms with Crippen LogP contribution in [0.1, 0.15) is 10.5 Å². The number of benzene rings is 1. The molecule has 1 saturated heterocycles. The lowest BCUT2D eigenvalue weighted by molar-refractivity contribution is 0.0689. The first-order chi connectivity index (χ1) is 12.6. The number of hydrogen-bond donors (Lipinski definition) is 3. The Balaban J connectivity index is 2.04. The number of aromatic carboxylic acids is 1. The number of hydrogen-bond acceptors (Lipinski definition) is 5. The summed E-state index contributed by atoms with van der Waals surface area (Å²) in [5.74, 6) is -0.602. The predicted molar refractivity (Wildman–Crippen MR) is 98.3 cm³/mol. The Hall–Kier alpha value is -2.84. The van der Waals surface area contributed by atoms with Crippen molar-refractivity contribution in [1.82, 2.24) is 19.9 Å². The molecule has 1 fully saturated rings. The average Bonchev–Trinajstić information content (AvgIpc) is 3.02. The van der Waals surface area contributed by atoms with Crippen LogP contribution >= 0.6 is 11.6 Å². The summed E-state index contributed by atoms with van der Waals surface area (Å²) in [6.45, 7) is 3.05. The van der Waals surface area contributed by atoms with Gasteiger partial charge in [-0.05, 0) is 6.07 Å². The molecule has 1 aromatic carbocycles. The molecule has 0 bridgehead atoms. The maximum absolute atomic E-state index is 12.7. The third-order valence-electron chi connectivity index (χ3n) is 4.40. The van der Waals surface area contributed by atoms with E-state index >= 15 is 0 Å². The Morgan fingerprint density at radius 3 is 2.65 bits per heavy atom. The number of H-pyrrole nitrogens is 1. The van der Waals surface area contributed by atoms with Gasteiger partial charge < -0.3 is 20.3 Å². The van der Waals surface area contributed by atoms with Gasteiger partial charge in [-0.3, -0.25) is 4.79 Å². The van der Waals surface area contributed by atoms with Gasteiger partial charge in [-0.2, -0.15) is 0 Å². The molecule has 0 aliphatic carbocycles. The molecular weight excluding hydrogens is 358 g/mol. The first kappa shape index (κ1) is 16.6. The second kappa shape index (κ2) is 6.47. The number of anilines is 1. The van der Waals surface area contributed by atoms with Crippen molar-refractivity contribution >= 4 is 28.9 Å². The zero-order valence-corrected chi connectivity index (χ0v) is 14.5. The highest BCUT2D eigenvalue weighted by atomic mass is 35.5. The number of nitrogens with one attached hydrogen (secondary N) is 2. The quantitative estimate of drug-likeness (QED) is 0.642. The molecule has 1 aliphatic heterocycles. The molecule has 0 saturated carbocycles. The third-order valence-corrected chi connectivity index (χ3v) is 4.73. The lowest BCUT2D eigenvalue weighted by Gasteiger charge is -2.28. The topological polar surface area (TPSA) is 103 Å². The first-order valence-electron chi connectivity index (χ1n) is 8.16. The molecule has 0 spiro atoms. The summed E-state index contributed by atoms with van der Waals surface area (Å²) in [5.41, 5.74) is 0.829. The third kappa shape index (κ3) is 2.73. The van der Waals surface area contributed by atoms with Crippen LogP contribution in [0.3, 0.4) is 0 Å². The fourth-order valence-corrected chi connectivity index (χ4v) is 3.42. The van der Waals surface area contributed by atoms with Gasteiger partial charge in [0.1, 0.15) is 11.2 Å². The molecule has 0 unspecified atom stereocenters. The van der Waals surface area contributed by atoms with Gasteiger partial charge in [0.2, 0.25) is 0 Å². The highest BCUT2D eigenvalue weighted by Gasteiger charge is 2.25. The van der Waals surface area contributed by atoms with Crippen LogP contribution in [0.25, 0.3) is 16.6 Å². The monoisotopic (exact) mass is 373 g/mol. The average molecular weight is 374 g/mol. The lowest BCUT2D eigenvalue weighted by Crippen LogP contribution is -2.43. The molecule has 3 aromatic rings. The number of carbonyl (C=O) groups is 1. The number of rotatable bonds is 3. The second-order valence-electron chi connectivity index (χ2n) is 6.01. The molecule has 0 atom stereocenters. The SMILES string of the molecule is O=C(O)c1cn2nc(N3CCNCC3)c(-c3ccccc3Cl)c2c(=O)[nH]1. The fourth-order valence-electron chi connectivity index (χ4n) is 3.19. The molecule has 0 radical (unpaired) electrons. The normalized spacial score (nSPS) is 14.7. The Bertz CT molecular complexity index is 1050. The first-order valence-corrected chi connectivity index (χ1v) is 8.53. The summed E-state index contributed by atoms with van der Waals surface area (Å²) < 4.78 is 1.33. The van der Waals surface area contributed by atoms with Crippen molar-refractivity contribution in [3.05, 3.63) is 51.5 Å². The smallest absolute Gasteiger partial charge is 0.354 e. The number of carboxylic acids is 1. The van der Waals surface area contributed by atoms with Crippen molar-refractivity contribution in [3.63, 3.8) is 0 Å². The van der Waals surface area contributed by atoms with Crippen LogP contribution in [0.5, 0.6) is 0 Å². The Morgan fingerprint density at radius 1 is 1.23 bits per heavy atom. The molecule has 9 heteroatoms. The van der Waals surface area contributed by atoms with Crippen LogP contribution in [-0.4, -0.2) is 51.9 Å². The standard InChI is InChI=1S/C17H16ClN5O3/c18-11-4-2-1-3-10(11)13-14-16(24)20-12(17(25)26)9-23(14)21-15(13)22-7-5-19-6-8-22/h1-4,9,19H,5-8H2,(H,20,24)(H,25,26). The zero-order valence-electron chi connectivity index (χ0n) is 13.7. The van der Waals surface area contributed by atoms with Gasteiger partial charge in [-0.15, -0.1) is 5.10 Å². The Kier molecular flexibility index (Phi) is 4.14. The Morgan fingerprint density at radius 2 is 1.96 bits per heavy atom. The molecule has 8 nitrogen and oxygen atoms in total. The molecule has 26 heavy (non-hydrogen) atoms. The van der Waals surface area contributed by atoms with Crippen LogP contribution in [0.4, 0.5) is 5.82 Å². The van der Waals surface area contributed by atoms with Crippen molar-refractivity contribution in [2.45, 2.75) is 0 Å². The van der Waals surface area contributed by atoms with E-state index < -0.39 is 11.5 Å². The van der Waals surface area contributed by atoms with E-state index in [1.165, 1.54) is 10.7 Å². The van der Waals surface area contributed by atoms with Gasteiger partial charge in [0.05, 0.1) is 11.8 Å². The predicted octanol–water partition coefficient (Wildman–Crippen LogP) is 1.45. The maximum Gasteiger partial charge on any atom is 0.354 e. The van der Waals surface area contributed by atoms with Crippen LogP contribution in [0.2, 0.25) is 5.02 Å². The summed E-state index contributed by atoms with van der Waals surface area (Å²) >= 11 is 6.39. The Labute approximate surface area is 153 Å². The number of piperazine rings is 1. The fraction of sp³-hybridized carbons (Fsp3) is 0.235. The maximum atomic E-state index is 12.7. The molecule has 3 heterocycles. The van der Waals surface area contributed by atoms with Crippen molar-refractivity contribution in [1.29, 1.82) is 0 Å². The van der Waals surface area contributed by atoms with Crippen LogP contribution in [0.15, 0.2) is 35.3 Å². The van der Waals surface area contributed by atoms with Gasteiger partial charge >= 0.3 is 5.97 Å². The number of carboxylic acid groups (broad SMARTS) is 1. The number of fused-ring (bicyclic) bond motifs is 1. The van der Waals surface area contributed by atoms with Crippen LogP contribution in [-0.2, 0) is 0 Å². The van der Waals surface area contributed by atoms with E-state index in [2.05, 4.69) is 20.3 Å². The number of halogens is 1. The number of aromatic amines is 1. The minimum absolute atomic E-state index is 0.220. The van der Waals surface area contributed by atoms with E-state index in [1.807, 2.05) is 18.2 Å². The van der Waals surface area contributed by atoms with E-state index in [0.29, 0.717) is 22.0 Å². The lowest BCUT2D eigenvalue weighted by atomic mass is 10.1. The summed E-state index contributed by atoms with van der Waals surface area (Å²) in [4.78, 5) is 28.4. The van der Waals surface area contributed by atoms with Crippen molar-refractivity contribution in [2.24, 2.45) is 0 Å². The number of nitrogens with zero attached hydrogens (tertiary/aromatic N) is 3. The van der Waals surface area contributed by atoms with Crippen LogP contribution in [0, 0.1) is 0 Å². The second-order valence-corrected chi connectivity index (χ2v) is 6.42. The molecule has 4 rings (SSSR count). The number of aromatic nitrogens is 3. The summed E-state index contributed by atoms with van der Waals surface area (Å²) in [5, 5.41) is 17.5. The van der Waals surface area contributed by atoms with E-state index in [0.717, 1.165) is 26.2 Å². The van der Waals surface area contributed by atoms with E-state index in [4.69, 9.17) is 11.6 Å².